The molecule has 2 aliphatic heterocycles. The number of carbonyl (C=O) groups excluding carboxylic acids is 2. The number of likely N-dealkylation sites (tertiary alicyclic amines) is 2. The van der Waals surface area contributed by atoms with Crippen molar-refractivity contribution in [2.75, 3.05) is 26.2 Å². The molecule has 0 radical (unpaired) electrons. The van der Waals surface area contributed by atoms with Crippen LogP contribution in [0, 0.1) is 20.8 Å². The number of amides is 2. The van der Waals surface area contributed by atoms with Crippen LogP contribution in [0.1, 0.15) is 63.1 Å². The van der Waals surface area contributed by atoms with Crippen LogP contribution in [0.25, 0.3) is 11.1 Å². The molecule has 2 saturated heterocycles. The second kappa shape index (κ2) is 11.6. The van der Waals surface area contributed by atoms with Crippen molar-refractivity contribution in [1.82, 2.24) is 15.1 Å². The Bertz CT molecular complexity index is 1310. The molecule has 2 heterocycles. The molecule has 0 aromatic heterocycles. The largest absolute Gasteiger partial charge is 0.507 e. The topological polar surface area (TPSA) is 72.9 Å². The number of hydrogen-bond donors (Lipinski definition) is 2. The number of hydrogen-bond acceptors (Lipinski definition) is 4. The summed E-state index contributed by atoms with van der Waals surface area (Å²) in [5.74, 6) is 0.309. The van der Waals surface area contributed by atoms with Crippen LogP contribution in [-0.4, -0.2) is 65.0 Å². The van der Waals surface area contributed by atoms with Gasteiger partial charge in [-0.05, 0) is 86.9 Å². The van der Waals surface area contributed by atoms with Gasteiger partial charge in [0.25, 0.3) is 11.8 Å². The first-order valence-electron chi connectivity index (χ1n) is 14.1. The van der Waals surface area contributed by atoms with Crippen molar-refractivity contribution in [3.8, 4) is 16.9 Å². The van der Waals surface area contributed by atoms with Crippen molar-refractivity contribution in [3.63, 3.8) is 0 Å². The highest BCUT2D eigenvalue weighted by Gasteiger charge is 2.31. The quantitative estimate of drug-likeness (QED) is 0.463. The number of piperidine rings is 2. The molecule has 0 saturated carbocycles. The Morgan fingerprint density at radius 3 is 2.08 bits per heavy atom. The van der Waals surface area contributed by atoms with Gasteiger partial charge >= 0.3 is 0 Å². The maximum Gasteiger partial charge on any atom is 0.253 e. The zero-order valence-electron chi connectivity index (χ0n) is 23.2. The molecule has 2 fully saturated rings. The zero-order valence-corrected chi connectivity index (χ0v) is 23.2. The number of aromatic hydroxyl groups is 1. The number of benzene rings is 3. The van der Waals surface area contributed by atoms with E-state index >= 15 is 0 Å². The van der Waals surface area contributed by atoms with Crippen molar-refractivity contribution >= 4 is 11.8 Å². The summed E-state index contributed by atoms with van der Waals surface area (Å²) in [5, 5.41) is 13.3. The van der Waals surface area contributed by atoms with Crippen molar-refractivity contribution in [1.29, 1.82) is 0 Å². The average Bonchev–Trinajstić information content (AvgIpc) is 2.96. The molecular formula is C33H39N3O3. The minimum absolute atomic E-state index is 0.00357. The van der Waals surface area contributed by atoms with Crippen LogP contribution >= 0.6 is 0 Å². The molecule has 5 rings (SSSR count). The van der Waals surface area contributed by atoms with Gasteiger partial charge < -0.3 is 20.2 Å². The lowest BCUT2D eigenvalue weighted by molar-refractivity contribution is 0.0566. The standard InChI is InChI=1S/C33H39N3O3/c1-22-8-10-25(11-9-22)29-6-4-5-7-30(29)32(38)34-27-12-16-35(17-13-27)28-14-18-36(19-15-28)33(39)26-20-23(2)31(37)24(3)21-26/h4-11,20-21,27-28,37H,12-19H2,1-3H3,(H,34,38). The summed E-state index contributed by atoms with van der Waals surface area (Å²) in [5.41, 5.74) is 6.07. The fraction of sp³-hybridized carbons (Fsp3) is 0.394. The van der Waals surface area contributed by atoms with E-state index in [0.29, 0.717) is 11.6 Å². The van der Waals surface area contributed by atoms with Gasteiger partial charge in [-0.1, -0.05) is 48.0 Å². The molecule has 0 spiro atoms. The Hall–Kier alpha value is -3.64. The van der Waals surface area contributed by atoms with E-state index in [1.54, 1.807) is 12.1 Å². The summed E-state index contributed by atoms with van der Waals surface area (Å²) < 4.78 is 0. The molecule has 2 amide bonds. The highest BCUT2D eigenvalue weighted by atomic mass is 16.3. The minimum Gasteiger partial charge on any atom is -0.507 e. The van der Waals surface area contributed by atoms with Crippen molar-refractivity contribution in [2.45, 2.75) is 58.5 Å². The normalized spacial score (nSPS) is 17.3. The number of phenols is 1. The number of phenolic OH excluding ortho intramolecular Hbond substituents is 1. The Morgan fingerprint density at radius 2 is 1.44 bits per heavy atom. The summed E-state index contributed by atoms with van der Waals surface area (Å²) in [6.45, 7) is 9.14. The maximum atomic E-state index is 13.3. The van der Waals surface area contributed by atoms with Crippen LogP contribution in [0.4, 0.5) is 0 Å². The van der Waals surface area contributed by atoms with E-state index in [1.807, 2.05) is 43.0 Å². The molecule has 6 nitrogen and oxygen atoms in total. The highest BCUT2D eigenvalue weighted by Crippen LogP contribution is 2.27. The molecule has 3 aromatic rings. The third-order valence-electron chi connectivity index (χ3n) is 8.41. The van der Waals surface area contributed by atoms with Crippen molar-refractivity contribution < 1.29 is 14.7 Å². The van der Waals surface area contributed by atoms with Crippen LogP contribution < -0.4 is 5.32 Å². The van der Waals surface area contributed by atoms with Crippen molar-refractivity contribution in [3.05, 3.63) is 88.5 Å². The molecule has 0 atom stereocenters. The van der Waals surface area contributed by atoms with Crippen LogP contribution in [-0.2, 0) is 0 Å². The second-order valence-corrected chi connectivity index (χ2v) is 11.2. The van der Waals surface area contributed by atoms with Crippen LogP contribution in [0.3, 0.4) is 0 Å². The van der Waals surface area contributed by atoms with E-state index in [-0.39, 0.29) is 23.6 Å². The fourth-order valence-corrected chi connectivity index (χ4v) is 6.03. The molecule has 0 bridgehead atoms. The van der Waals surface area contributed by atoms with Crippen LogP contribution in [0.5, 0.6) is 5.75 Å². The summed E-state index contributed by atoms with van der Waals surface area (Å²) in [4.78, 5) is 30.8. The van der Waals surface area contributed by atoms with Crippen LogP contribution in [0.15, 0.2) is 60.7 Å². The summed E-state index contributed by atoms with van der Waals surface area (Å²) in [6.07, 6.45) is 3.79. The zero-order chi connectivity index (χ0) is 27.5. The van der Waals surface area contributed by atoms with Gasteiger partial charge in [-0.2, -0.15) is 0 Å². The van der Waals surface area contributed by atoms with Crippen LogP contribution in [0.2, 0.25) is 0 Å². The van der Waals surface area contributed by atoms with E-state index in [4.69, 9.17) is 0 Å². The molecular weight excluding hydrogens is 486 g/mol. The van der Waals surface area contributed by atoms with E-state index < -0.39 is 0 Å². The van der Waals surface area contributed by atoms with E-state index in [9.17, 15) is 14.7 Å². The number of aryl methyl sites for hydroxylation is 3. The Balaban J connectivity index is 1.12. The Morgan fingerprint density at radius 1 is 0.821 bits per heavy atom. The summed E-state index contributed by atoms with van der Waals surface area (Å²) in [6, 6.07) is 20.4. The van der Waals surface area contributed by atoms with Gasteiger partial charge in [0.2, 0.25) is 0 Å². The summed E-state index contributed by atoms with van der Waals surface area (Å²) in [7, 11) is 0. The molecule has 2 aliphatic rings. The first-order chi connectivity index (χ1) is 18.8. The predicted octanol–water partition coefficient (Wildman–Crippen LogP) is 5.48. The lowest BCUT2D eigenvalue weighted by Gasteiger charge is -2.42. The lowest BCUT2D eigenvalue weighted by Crippen LogP contribution is -2.51. The lowest BCUT2D eigenvalue weighted by atomic mass is 9.96. The Kier molecular flexibility index (Phi) is 8.03. The van der Waals surface area contributed by atoms with Gasteiger partial charge in [0.15, 0.2) is 0 Å². The number of rotatable bonds is 5. The first-order valence-corrected chi connectivity index (χ1v) is 14.1. The van der Waals surface area contributed by atoms with E-state index in [2.05, 4.69) is 41.4 Å². The third kappa shape index (κ3) is 6.01. The van der Waals surface area contributed by atoms with E-state index in [1.165, 1.54) is 5.56 Å². The minimum atomic E-state index is -0.00357. The van der Waals surface area contributed by atoms with Gasteiger partial charge in [0, 0.05) is 49.4 Å². The first kappa shape index (κ1) is 26.9. The van der Waals surface area contributed by atoms with E-state index in [0.717, 1.165) is 79.7 Å². The highest BCUT2D eigenvalue weighted by molar-refractivity contribution is 6.01. The average molecular weight is 526 g/mol. The van der Waals surface area contributed by atoms with Gasteiger partial charge in [-0.15, -0.1) is 0 Å². The number of nitrogens with zero attached hydrogens (tertiary/aromatic N) is 2. The SMILES string of the molecule is Cc1ccc(-c2ccccc2C(=O)NC2CCN(C3CCN(C(=O)c4cc(C)c(O)c(C)c4)CC3)CC2)cc1. The number of nitrogens with one attached hydrogen (secondary N) is 1. The third-order valence-corrected chi connectivity index (χ3v) is 8.41. The van der Waals surface area contributed by atoms with Gasteiger partial charge in [0.05, 0.1) is 0 Å². The Labute approximate surface area is 231 Å². The maximum absolute atomic E-state index is 13.3. The fourth-order valence-electron chi connectivity index (χ4n) is 6.03. The molecule has 0 unspecified atom stereocenters. The second-order valence-electron chi connectivity index (χ2n) is 11.2. The number of carbonyl (C=O) groups is 2. The molecule has 0 aliphatic carbocycles. The monoisotopic (exact) mass is 525 g/mol. The molecule has 204 valence electrons. The molecule has 6 heteroatoms. The smallest absolute Gasteiger partial charge is 0.253 e. The molecule has 2 N–H and O–H groups in total. The molecule has 3 aromatic carbocycles. The van der Waals surface area contributed by atoms with Gasteiger partial charge in [-0.3, -0.25) is 9.59 Å². The van der Waals surface area contributed by atoms with Gasteiger partial charge in [-0.25, -0.2) is 0 Å². The predicted molar refractivity (Wildman–Crippen MR) is 155 cm³/mol. The van der Waals surface area contributed by atoms with Gasteiger partial charge in [0.1, 0.15) is 5.75 Å². The summed E-state index contributed by atoms with van der Waals surface area (Å²) >= 11 is 0. The molecule has 39 heavy (non-hydrogen) atoms. The van der Waals surface area contributed by atoms with Crippen molar-refractivity contribution in [2.24, 2.45) is 0 Å².